The van der Waals surface area contributed by atoms with E-state index in [9.17, 15) is 18.0 Å². The summed E-state index contributed by atoms with van der Waals surface area (Å²) in [5, 5.41) is 3.11. The van der Waals surface area contributed by atoms with Gasteiger partial charge in [0.25, 0.3) is 0 Å². The number of benzene rings is 1. The quantitative estimate of drug-likeness (QED) is 0.692. The molecule has 0 aliphatic carbocycles. The highest BCUT2D eigenvalue weighted by atomic mass is 32.2. The van der Waals surface area contributed by atoms with Crippen LogP contribution in [0.4, 0.5) is 0 Å². The SMILES string of the molecule is CCCS(=O)(=O)N1CCC(NC(=O)C2Cc3ccccc3CN2C(=O)CC(C)C)CC1. The summed E-state index contributed by atoms with van der Waals surface area (Å²) in [6, 6.07) is 7.38. The molecule has 8 heteroatoms. The van der Waals surface area contributed by atoms with E-state index in [4.69, 9.17) is 0 Å². The van der Waals surface area contributed by atoms with Crippen molar-refractivity contribution < 1.29 is 18.0 Å². The topological polar surface area (TPSA) is 86.8 Å². The molecule has 1 fully saturated rings. The highest BCUT2D eigenvalue weighted by Gasteiger charge is 2.36. The molecule has 172 valence electrons. The van der Waals surface area contributed by atoms with Gasteiger partial charge in [0.15, 0.2) is 0 Å². The van der Waals surface area contributed by atoms with Gasteiger partial charge in [-0.3, -0.25) is 9.59 Å². The molecule has 2 aliphatic heterocycles. The summed E-state index contributed by atoms with van der Waals surface area (Å²) in [4.78, 5) is 27.9. The van der Waals surface area contributed by atoms with Gasteiger partial charge in [0.2, 0.25) is 21.8 Å². The van der Waals surface area contributed by atoms with Gasteiger partial charge in [-0.25, -0.2) is 12.7 Å². The van der Waals surface area contributed by atoms with E-state index in [1.54, 1.807) is 4.90 Å². The Bertz CT molecular complexity index is 892. The minimum absolute atomic E-state index is 0.00475. The Kier molecular flexibility index (Phi) is 7.75. The van der Waals surface area contributed by atoms with Crippen LogP contribution in [0, 0.1) is 5.92 Å². The maximum absolute atomic E-state index is 13.2. The molecule has 0 saturated carbocycles. The molecule has 1 unspecified atom stereocenters. The Morgan fingerprint density at radius 2 is 1.77 bits per heavy atom. The van der Waals surface area contributed by atoms with Gasteiger partial charge in [0.05, 0.1) is 5.75 Å². The lowest BCUT2D eigenvalue weighted by Gasteiger charge is -2.38. The van der Waals surface area contributed by atoms with Gasteiger partial charge in [-0.05, 0) is 36.3 Å². The predicted molar refractivity (Wildman–Crippen MR) is 121 cm³/mol. The van der Waals surface area contributed by atoms with E-state index < -0.39 is 16.1 Å². The lowest BCUT2D eigenvalue weighted by molar-refractivity contribution is -0.142. The molecular formula is C23H35N3O4S. The third-order valence-corrected chi connectivity index (χ3v) is 8.19. The van der Waals surface area contributed by atoms with Gasteiger partial charge in [0, 0.05) is 38.5 Å². The number of nitrogens with one attached hydrogen (secondary N) is 1. The smallest absolute Gasteiger partial charge is 0.243 e. The summed E-state index contributed by atoms with van der Waals surface area (Å²) in [6.07, 6.45) is 2.72. The number of sulfonamides is 1. The predicted octanol–water partition coefficient (Wildman–Crippen LogP) is 2.31. The molecule has 3 rings (SSSR count). The van der Waals surface area contributed by atoms with E-state index in [1.807, 2.05) is 45.0 Å². The molecule has 2 heterocycles. The average Bonchev–Trinajstić information content (AvgIpc) is 2.72. The van der Waals surface area contributed by atoms with Crippen molar-refractivity contribution in [3.8, 4) is 0 Å². The van der Waals surface area contributed by atoms with Crippen LogP contribution in [0.3, 0.4) is 0 Å². The molecule has 7 nitrogen and oxygen atoms in total. The van der Waals surface area contributed by atoms with Gasteiger partial charge in [0.1, 0.15) is 6.04 Å². The van der Waals surface area contributed by atoms with Crippen LogP contribution >= 0.6 is 0 Å². The Morgan fingerprint density at radius 3 is 2.39 bits per heavy atom. The Balaban J connectivity index is 1.67. The summed E-state index contributed by atoms with van der Waals surface area (Å²) >= 11 is 0. The van der Waals surface area contributed by atoms with Crippen LogP contribution in [0.5, 0.6) is 0 Å². The number of fused-ring (bicyclic) bond motifs is 1. The van der Waals surface area contributed by atoms with Crippen LogP contribution in [0.2, 0.25) is 0 Å². The molecule has 1 atom stereocenters. The minimum Gasteiger partial charge on any atom is -0.351 e. The fourth-order valence-electron chi connectivity index (χ4n) is 4.45. The molecule has 0 spiro atoms. The molecule has 1 aromatic carbocycles. The monoisotopic (exact) mass is 449 g/mol. The molecule has 0 radical (unpaired) electrons. The van der Waals surface area contributed by atoms with Crippen molar-refractivity contribution in [2.45, 2.75) is 71.5 Å². The zero-order chi connectivity index (χ0) is 22.6. The van der Waals surface area contributed by atoms with Crippen molar-refractivity contribution in [2.75, 3.05) is 18.8 Å². The van der Waals surface area contributed by atoms with E-state index in [0.717, 1.165) is 11.1 Å². The first-order valence-electron chi connectivity index (χ1n) is 11.4. The number of hydrogen-bond donors (Lipinski definition) is 1. The second-order valence-electron chi connectivity index (χ2n) is 9.11. The number of hydrogen-bond acceptors (Lipinski definition) is 4. The summed E-state index contributed by atoms with van der Waals surface area (Å²) < 4.78 is 26.1. The lowest BCUT2D eigenvalue weighted by Crippen LogP contribution is -2.56. The molecule has 0 aromatic heterocycles. The molecule has 2 aliphatic rings. The van der Waals surface area contributed by atoms with Crippen molar-refractivity contribution in [3.63, 3.8) is 0 Å². The highest BCUT2D eigenvalue weighted by Crippen LogP contribution is 2.25. The molecule has 1 saturated heterocycles. The van der Waals surface area contributed by atoms with Crippen LogP contribution in [-0.4, -0.2) is 60.4 Å². The normalized spacial score (nSPS) is 20.5. The largest absolute Gasteiger partial charge is 0.351 e. The second-order valence-corrected chi connectivity index (χ2v) is 11.2. The van der Waals surface area contributed by atoms with Gasteiger partial charge in [-0.15, -0.1) is 0 Å². The third-order valence-electron chi connectivity index (χ3n) is 6.11. The van der Waals surface area contributed by atoms with Crippen LogP contribution in [0.25, 0.3) is 0 Å². The fourth-order valence-corrected chi connectivity index (χ4v) is 5.99. The lowest BCUT2D eigenvalue weighted by atomic mass is 9.92. The molecular weight excluding hydrogens is 414 g/mol. The first-order chi connectivity index (χ1) is 14.7. The van der Waals surface area contributed by atoms with Gasteiger partial charge < -0.3 is 10.2 Å². The first-order valence-corrected chi connectivity index (χ1v) is 13.0. The maximum atomic E-state index is 13.2. The Labute approximate surface area is 186 Å². The number of piperidine rings is 1. The first kappa shape index (κ1) is 23.7. The highest BCUT2D eigenvalue weighted by molar-refractivity contribution is 7.89. The fraction of sp³-hybridized carbons (Fsp3) is 0.652. The van der Waals surface area contributed by atoms with E-state index in [-0.39, 0.29) is 29.5 Å². The van der Waals surface area contributed by atoms with E-state index in [0.29, 0.717) is 51.7 Å². The van der Waals surface area contributed by atoms with Crippen LogP contribution in [0.1, 0.15) is 57.6 Å². The molecule has 31 heavy (non-hydrogen) atoms. The second kappa shape index (κ2) is 10.1. The summed E-state index contributed by atoms with van der Waals surface area (Å²) in [6.45, 7) is 7.18. The number of amides is 2. The van der Waals surface area contributed by atoms with E-state index in [2.05, 4.69) is 5.32 Å². The van der Waals surface area contributed by atoms with Crippen LogP contribution < -0.4 is 5.32 Å². The Morgan fingerprint density at radius 1 is 1.13 bits per heavy atom. The summed E-state index contributed by atoms with van der Waals surface area (Å²) in [5.74, 6) is 0.257. The van der Waals surface area contributed by atoms with Crippen LogP contribution in [-0.2, 0) is 32.6 Å². The number of carbonyl (C=O) groups is 2. The summed E-state index contributed by atoms with van der Waals surface area (Å²) in [7, 11) is -3.20. The van der Waals surface area contributed by atoms with E-state index >= 15 is 0 Å². The standard InChI is InChI=1S/C23H35N3O4S/c1-4-13-31(29,30)25-11-9-20(10-12-25)24-23(28)21-15-18-7-5-6-8-19(18)16-26(21)22(27)14-17(2)3/h5-8,17,20-21H,4,9-16H2,1-3H3,(H,24,28). The molecule has 1 N–H and O–H groups in total. The van der Waals surface area contributed by atoms with Crippen molar-refractivity contribution in [3.05, 3.63) is 35.4 Å². The van der Waals surface area contributed by atoms with E-state index in [1.165, 1.54) is 4.31 Å². The van der Waals surface area contributed by atoms with Crippen LogP contribution in [0.15, 0.2) is 24.3 Å². The zero-order valence-electron chi connectivity index (χ0n) is 18.8. The zero-order valence-corrected chi connectivity index (χ0v) is 19.7. The molecule has 0 bridgehead atoms. The van der Waals surface area contributed by atoms with Crippen molar-refractivity contribution in [1.82, 2.24) is 14.5 Å². The number of nitrogens with zero attached hydrogens (tertiary/aromatic N) is 2. The van der Waals surface area contributed by atoms with Crippen molar-refractivity contribution >= 4 is 21.8 Å². The summed E-state index contributed by atoms with van der Waals surface area (Å²) in [5.41, 5.74) is 2.20. The van der Waals surface area contributed by atoms with Gasteiger partial charge in [-0.1, -0.05) is 45.0 Å². The number of rotatable bonds is 7. The van der Waals surface area contributed by atoms with Crippen molar-refractivity contribution in [2.24, 2.45) is 5.92 Å². The Hall–Kier alpha value is -1.93. The number of carbonyl (C=O) groups excluding carboxylic acids is 2. The van der Waals surface area contributed by atoms with Gasteiger partial charge in [-0.2, -0.15) is 0 Å². The molecule has 2 amide bonds. The van der Waals surface area contributed by atoms with Gasteiger partial charge >= 0.3 is 0 Å². The minimum atomic E-state index is -3.20. The molecule has 1 aromatic rings. The maximum Gasteiger partial charge on any atom is 0.243 e. The van der Waals surface area contributed by atoms with Crippen molar-refractivity contribution in [1.29, 1.82) is 0 Å². The average molecular weight is 450 g/mol. The third kappa shape index (κ3) is 5.86.